The van der Waals surface area contributed by atoms with Gasteiger partial charge in [0.2, 0.25) is 5.92 Å². The Hall–Kier alpha value is -2.02. The van der Waals surface area contributed by atoms with Gasteiger partial charge in [0.05, 0.1) is 13.2 Å². The summed E-state index contributed by atoms with van der Waals surface area (Å²) in [5.74, 6) is -3.25. The molecule has 27 heavy (non-hydrogen) atoms. The van der Waals surface area contributed by atoms with Gasteiger partial charge in [0.1, 0.15) is 6.54 Å². The second-order valence-corrected chi connectivity index (χ2v) is 7.95. The summed E-state index contributed by atoms with van der Waals surface area (Å²) in [5.41, 5.74) is 0.235. The Morgan fingerprint density at radius 2 is 1.81 bits per heavy atom. The number of esters is 1. The number of benzene rings is 1. The molecule has 1 aliphatic carbocycles. The fourth-order valence-corrected chi connectivity index (χ4v) is 4.73. The van der Waals surface area contributed by atoms with Crippen LogP contribution in [0.5, 0.6) is 0 Å². The summed E-state index contributed by atoms with van der Waals surface area (Å²) < 4.78 is 32.1. The molecule has 0 radical (unpaired) electrons. The quantitative estimate of drug-likeness (QED) is 0.626. The van der Waals surface area contributed by atoms with E-state index in [-0.39, 0.29) is 51.8 Å². The van der Waals surface area contributed by atoms with Crippen molar-refractivity contribution in [3.8, 4) is 0 Å². The highest BCUT2D eigenvalue weighted by atomic mass is 19.3. The number of hydrogen-bond acceptors (Lipinski definition) is 3. The molecule has 0 aromatic heterocycles. The summed E-state index contributed by atoms with van der Waals surface area (Å²) in [7, 11) is 0. The van der Waals surface area contributed by atoms with Gasteiger partial charge in [-0.1, -0.05) is 30.3 Å². The zero-order valence-corrected chi connectivity index (χ0v) is 15.5. The predicted octanol–water partition coefficient (Wildman–Crippen LogP) is 4.21. The molecule has 1 aromatic carbocycles. The molecule has 1 heterocycles. The van der Waals surface area contributed by atoms with Crippen molar-refractivity contribution in [3.05, 3.63) is 35.9 Å². The molecule has 1 saturated heterocycles. The third-order valence-corrected chi connectivity index (χ3v) is 6.13. The van der Waals surface area contributed by atoms with Crippen LogP contribution < -0.4 is 0 Å². The Morgan fingerprint density at radius 1 is 1.19 bits per heavy atom. The smallest absolute Gasteiger partial charge is 0.462 e. The lowest BCUT2D eigenvalue weighted by Crippen LogP contribution is -2.58. The van der Waals surface area contributed by atoms with Crippen LogP contribution in [-0.2, 0) is 16.1 Å². The van der Waals surface area contributed by atoms with Crippen LogP contribution in [0.3, 0.4) is 0 Å². The first-order valence-electron chi connectivity index (χ1n) is 9.41. The largest absolute Gasteiger partial charge is 0.514 e. The van der Waals surface area contributed by atoms with Gasteiger partial charge in [0.25, 0.3) is 0 Å². The average Bonchev–Trinajstić information content (AvgIpc) is 2.95. The Morgan fingerprint density at radius 3 is 2.37 bits per heavy atom. The van der Waals surface area contributed by atoms with E-state index in [4.69, 9.17) is 4.74 Å². The molecule has 5 nitrogen and oxygen atoms in total. The SMILES string of the molecule is CCOC(=O)[C@@H]1CC2(CCC(F)(F)CC2)C[N+]1(Cc1ccccc1)C(=O)O. The van der Waals surface area contributed by atoms with Gasteiger partial charge in [-0.25, -0.2) is 18.1 Å². The van der Waals surface area contributed by atoms with E-state index >= 15 is 0 Å². The molecule has 1 unspecified atom stereocenters. The van der Waals surface area contributed by atoms with Crippen LogP contribution >= 0.6 is 0 Å². The molecule has 2 fully saturated rings. The Bertz CT molecular complexity index is 699. The van der Waals surface area contributed by atoms with Crippen LogP contribution in [0.2, 0.25) is 0 Å². The number of carbonyl (C=O) groups is 2. The summed E-state index contributed by atoms with van der Waals surface area (Å²) in [6.45, 7) is 2.15. The van der Waals surface area contributed by atoms with E-state index in [9.17, 15) is 23.5 Å². The van der Waals surface area contributed by atoms with E-state index in [1.807, 2.05) is 30.3 Å². The highest BCUT2D eigenvalue weighted by molar-refractivity contribution is 5.77. The molecular weight excluding hydrogens is 356 g/mol. The summed E-state index contributed by atoms with van der Waals surface area (Å²) in [6, 6.07) is 8.25. The molecule has 1 N–H and O–H groups in total. The molecular formula is C20H26F2NO4+. The third-order valence-electron chi connectivity index (χ3n) is 6.13. The van der Waals surface area contributed by atoms with Crippen molar-refractivity contribution in [1.29, 1.82) is 0 Å². The average molecular weight is 382 g/mol. The van der Waals surface area contributed by atoms with E-state index in [1.165, 1.54) is 0 Å². The van der Waals surface area contributed by atoms with Crippen molar-refractivity contribution in [2.45, 2.75) is 57.5 Å². The molecule has 148 valence electrons. The lowest BCUT2D eigenvalue weighted by atomic mass is 9.71. The lowest BCUT2D eigenvalue weighted by Gasteiger charge is -2.37. The van der Waals surface area contributed by atoms with Crippen LogP contribution in [0, 0.1) is 5.41 Å². The molecule has 1 saturated carbocycles. The monoisotopic (exact) mass is 382 g/mol. The minimum Gasteiger partial charge on any atom is -0.462 e. The normalized spacial score (nSPS) is 28.8. The van der Waals surface area contributed by atoms with Gasteiger partial charge >= 0.3 is 12.1 Å². The molecule has 2 atom stereocenters. The molecule has 1 spiro atoms. The lowest BCUT2D eigenvalue weighted by molar-refractivity contribution is -0.877. The van der Waals surface area contributed by atoms with E-state index in [1.54, 1.807) is 6.92 Å². The highest BCUT2D eigenvalue weighted by Crippen LogP contribution is 2.53. The first-order valence-corrected chi connectivity index (χ1v) is 9.41. The van der Waals surface area contributed by atoms with Crippen LogP contribution in [-0.4, -0.2) is 46.8 Å². The topological polar surface area (TPSA) is 63.6 Å². The summed E-state index contributed by atoms with van der Waals surface area (Å²) in [4.78, 5) is 25.1. The van der Waals surface area contributed by atoms with Gasteiger partial charge in [-0.05, 0) is 19.8 Å². The van der Waals surface area contributed by atoms with Crippen molar-refractivity contribution in [1.82, 2.24) is 0 Å². The van der Waals surface area contributed by atoms with Gasteiger partial charge in [-0.3, -0.25) is 0 Å². The van der Waals surface area contributed by atoms with E-state index in [0.29, 0.717) is 0 Å². The number of carboxylic acid groups (broad SMARTS) is 1. The molecule has 7 heteroatoms. The summed E-state index contributed by atoms with van der Waals surface area (Å²) >= 11 is 0. The van der Waals surface area contributed by atoms with Crippen molar-refractivity contribution in [3.63, 3.8) is 0 Å². The third kappa shape index (κ3) is 3.83. The first-order chi connectivity index (χ1) is 12.7. The first kappa shape index (κ1) is 19.7. The number of nitrogens with zero attached hydrogens (tertiary/aromatic N) is 1. The van der Waals surface area contributed by atoms with Crippen molar-refractivity contribution in [2.75, 3.05) is 13.2 Å². The van der Waals surface area contributed by atoms with Gasteiger partial charge < -0.3 is 9.84 Å². The summed E-state index contributed by atoms with van der Waals surface area (Å²) in [6.07, 6.45) is -0.871. The van der Waals surface area contributed by atoms with E-state index < -0.39 is 33.9 Å². The van der Waals surface area contributed by atoms with Gasteiger partial charge in [0, 0.05) is 30.2 Å². The van der Waals surface area contributed by atoms with Crippen LogP contribution in [0.4, 0.5) is 13.6 Å². The number of alkyl halides is 2. The minimum atomic E-state index is -2.70. The number of halogens is 2. The van der Waals surface area contributed by atoms with Crippen LogP contribution in [0.1, 0.15) is 44.6 Å². The molecule has 2 aliphatic rings. The van der Waals surface area contributed by atoms with Crippen molar-refractivity contribution in [2.24, 2.45) is 5.41 Å². The fraction of sp³-hybridized carbons (Fsp3) is 0.600. The number of hydrogen-bond donors (Lipinski definition) is 1. The Labute approximate surface area is 157 Å². The summed E-state index contributed by atoms with van der Waals surface area (Å²) in [5, 5.41) is 10.1. The van der Waals surface area contributed by atoms with Gasteiger partial charge in [0.15, 0.2) is 6.04 Å². The molecule has 0 bridgehead atoms. The minimum absolute atomic E-state index is 0.137. The number of likely N-dealkylation sites (tertiary alicyclic amines) is 1. The maximum atomic E-state index is 13.7. The molecule has 3 rings (SSSR count). The number of amides is 1. The van der Waals surface area contributed by atoms with Crippen LogP contribution in [0.15, 0.2) is 30.3 Å². The number of quaternary nitrogens is 1. The molecule has 1 amide bonds. The molecule has 1 aliphatic heterocycles. The Balaban J connectivity index is 1.96. The predicted molar refractivity (Wildman–Crippen MR) is 94.2 cm³/mol. The standard InChI is InChI=1S/C20H25F2NO4/c1-2-27-17(24)16-12-19(8-10-20(21,22)11-9-19)14-23(16,18(25)26)13-15-6-4-3-5-7-15/h3-7,16H,2,8-14H2,1H3/p+1/t16-,23?/m0/s1. The maximum absolute atomic E-state index is 13.7. The number of ether oxygens (including phenoxy) is 1. The number of rotatable bonds is 4. The molecule has 1 aromatic rings. The number of carbonyl (C=O) groups excluding carboxylic acids is 1. The zero-order chi connectivity index (χ0) is 19.7. The fourth-order valence-electron chi connectivity index (χ4n) is 4.73. The second-order valence-electron chi connectivity index (χ2n) is 7.95. The van der Waals surface area contributed by atoms with Crippen molar-refractivity contribution < 1.29 is 32.7 Å². The van der Waals surface area contributed by atoms with Gasteiger partial charge in [-0.2, -0.15) is 4.79 Å². The van der Waals surface area contributed by atoms with E-state index in [0.717, 1.165) is 5.56 Å². The maximum Gasteiger partial charge on any atom is 0.514 e. The van der Waals surface area contributed by atoms with Crippen LogP contribution in [0.25, 0.3) is 0 Å². The van der Waals surface area contributed by atoms with Gasteiger partial charge in [-0.15, -0.1) is 0 Å². The van der Waals surface area contributed by atoms with E-state index in [2.05, 4.69) is 0 Å². The highest BCUT2D eigenvalue weighted by Gasteiger charge is 2.64. The van der Waals surface area contributed by atoms with Crippen molar-refractivity contribution >= 4 is 12.1 Å². The zero-order valence-electron chi connectivity index (χ0n) is 15.5. The Kier molecular flexibility index (Phi) is 5.25. The second kappa shape index (κ2) is 7.19.